The van der Waals surface area contributed by atoms with Crippen LogP contribution in [-0.4, -0.2) is 28.6 Å². The third kappa shape index (κ3) is 4.45. The second-order valence-corrected chi connectivity index (χ2v) is 6.47. The average Bonchev–Trinajstić information content (AvgIpc) is 3.18. The molecule has 0 spiro atoms. The third-order valence-electron chi connectivity index (χ3n) is 3.73. The summed E-state index contributed by atoms with van der Waals surface area (Å²) in [6.45, 7) is 2.71. The fourth-order valence-electron chi connectivity index (χ4n) is 2.40. The van der Waals surface area contributed by atoms with Gasteiger partial charge in [0.15, 0.2) is 0 Å². The topological polar surface area (TPSA) is 84.2 Å². The van der Waals surface area contributed by atoms with Crippen molar-refractivity contribution in [3.63, 3.8) is 0 Å². The SMILES string of the molecule is CCN(SCc1ccco1)c1nc(=O)c(Cc2ccnc(OC)c2)c[nH]1. The Morgan fingerprint density at radius 1 is 1.38 bits per heavy atom. The van der Waals surface area contributed by atoms with E-state index in [2.05, 4.69) is 15.0 Å². The first-order valence-corrected chi connectivity index (χ1v) is 9.14. The minimum atomic E-state index is -0.244. The molecule has 0 aliphatic heterocycles. The van der Waals surface area contributed by atoms with Crippen LogP contribution in [0.25, 0.3) is 0 Å². The Hall–Kier alpha value is -2.74. The van der Waals surface area contributed by atoms with Crippen LogP contribution in [0.1, 0.15) is 23.8 Å². The van der Waals surface area contributed by atoms with Crippen molar-refractivity contribution in [2.75, 3.05) is 18.0 Å². The highest BCUT2D eigenvalue weighted by Gasteiger charge is 2.12. The van der Waals surface area contributed by atoms with Crippen LogP contribution in [-0.2, 0) is 12.2 Å². The largest absolute Gasteiger partial charge is 0.481 e. The highest BCUT2D eigenvalue weighted by Crippen LogP contribution is 2.21. The van der Waals surface area contributed by atoms with Gasteiger partial charge in [0.2, 0.25) is 11.8 Å². The van der Waals surface area contributed by atoms with E-state index >= 15 is 0 Å². The summed E-state index contributed by atoms with van der Waals surface area (Å²) in [5.74, 6) is 2.60. The molecule has 3 heterocycles. The second kappa shape index (κ2) is 8.57. The number of H-pyrrole nitrogens is 1. The number of nitrogens with zero attached hydrogens (tertiary/aromatic N) is 3. The fraction of sp³-hybridized carbons (Fsp3) is 0.278. The van der Waals surface area contributed by atoms with E-state index in [-0.39, 0.29) is 5.56 Å². The number of ether oxygens (including phenoxy) is 1. The van der Waals surface area contributed by atoms with E-state index in [9.17, 15) is 4.79 Å². The van der Waals surface area contributed by atoms with Crippen molar-refractivity contribution in [2.24, 2.45) is 0 Å². The van der Waals surface area contributed by atoms with Gasteiger partial charge < -0.3 is 14.1 Å². The van der Waals surface area contributed by atoms with Crippen molar-refractivity contribution in [3.8, 4) is 5.88 Å². The molecule has 1 N–H and O–H groups in total. The number of hydrogen-bond acceptors (Lipinski definition) is 7. The molecule has 0 aliphatic rings. The van der Waals surface area contributed by atoms with E-state index in [0.717, 1.165) is 11.3 Å². The maximum Gasteiger partial charge on any atom is 0.277 e. The van der Waals surface area contributed by atoms with Gasteiger partial charge >= 0.3 is 0 Å². The Morgan fingerprint density at radius 2 is 2.27 bits per heavy atom. The van der Waals surface area contributed by atoms with E-state index in [1.54, 1.807) is 25.8 Å². The second-order valence-electron chi connectivity index (χ2n) is 5.49. The Labute approximate surface area is 155 Å². The summed E-state index contributed by atoms with van der Waals surface area (Å²) in [5.41, 5.74) is 1.29. The first-order chi connectivity index (χ1) is 12.7. The van der Waals surface area contributed by atoms with Gasteiger partial charge in [-0.15, -0.1) is 0 Å². The predicted octanol–water partition coefficient (Wildman–Crippen LogP) is 3.03. The zero-order valence-corrected chi connectivity index (χ0v) is 15.5. The standard InChI is InChI=1S/C18H20N4O3S/c1-3-22(26-12-15-5-4-8-25-15)18-20-11-14(17(23)21-18)9-13-6-7-19-16(10-13)24-2/h4-8,10-11H,3,9,12H2,1-2H3,(H,20,21,23). The first-order valence-electron chi connectivity index (χ1n) is 8.20. The molecule has 0 aliphatic carbocycles. The highest BCUT2D eigenvalue weighted by atomic mass is 32.2. The normalized spacial score (nSPS) is 10.7. The lowest BCUT2D eigenvalue weighted by Crippen LogP contribution is -2.22. The molecule has 3 aromatic heterocycles. The zero-order chi connectivity index (χ0) is 18.4. The Kier molecular flexibility index (Phi) is 5.96. The van der Waals surface area contributed by atoms with Crippen molar-refractivity contribution >= 4 is 17.9 Å². The maximum atomic E-state index is 12.4. The number of nitrogens with one attached hydrogen (secondary N) is 1. The molecule has 136 valence electrons. The molecule has 3 aromatic rings. The summed E-state index contributed by atoms with van der Waals surface area (Å²) in [6.07, 6.45) is 5.49. The summed E-state index contributed by atoms with van der Waals surface area (Å²) >= 11 is 1.54. The van der Waals surface area contributed by atoms with Crippen LogP contribution in [0.15, 0.2) is 52.1 Å². The predicted molar refractivity (Wildman–Crippen MR) is 101 cm³/mol. The third-order valence-corrected chi connectivity index (χ3v) is 4.88. The number of rotatable bonds is 8. The summed E-state index contributed by atoms with van der Waals surface area (Å²) in [5, 5.41) is 0. The van der Waals surface area contributed by atoms with Gasteiger partial charge in [-0.05, 0) is 42.6 Å². The number of methoxy groups -OCH3 is 1. The maximum absolute atomic E-state index is 12.4. The minimum absolute atomic E-state index is 0.244. The molecule has 8 heteroatoms. The Balaban J connectivity index is 1.72. The Bertz CT molecular complexity index is 895. The van der Waals surface area contributed by atoms with Gasteiger partial charge in [0, 0.05) is 37.0 Å². The molecule has 0 saturated carbocycles. The number of aromatic nitrogens is 3. The molecule has 0 bridgehead atoms. The zero-order valence-electron chi connectivity index (χ0n) is 14.6. The van der Waals surface area contributed by atoms with Gasteiger partial charge in [-0.3, -0.25) is 9.10 Å². The summed E-state index contributed by atoms with van der Waals surface area (Å²) < 4.78 is 12.4. The lowest BCUT2D eigenvalue weighted by molar-refractivity contribution is 0.397. The number of furan rings is 1. The van der Waals surface area contributed by atoms with Crippen LogP contribution in [0.3, 0.4) is 0 Å². The van der Waals surface area contributed by atoms with Gasteiger partial charge in [-0.1, -0.05) is 0 Å². The van der Waals surface area contributed by atoms with Crippen LogP contribution in [0.5, 0.6) is 5.88 Å². The van der Waals surface area contributed by atoms with E-state index in [1.165, 1.54) is 11.9 Å². The minimum Gasteiger partial charge on any atom is -0.481 e. The smallest absolute Gasteiger partial charge is 0.277 e. The highest BCUT2D eigenvalue weighted by molar-refractivity contribution is 7.99. The number of pyridine rings is 1. The number of anilines is 1. The van der Waals surface area contributed by atoms with Crippen LogP contribution < -0.4 is 14.6 Å². The molecule has 26 heavy (non-hydrogen) atoms. The van der Waals surface area contributed by atoms with Crippen molar-refractivity contribution in [1.29, 1.82) is 0 Å². The van der Waals surface area contributed by atoms with E-state index < -0.39 is 0 Å². The summed E-state index contributed by atoms with van der Waals surface area (Å²) in [6, 6.07) is 7.44. The van der Waals surface area contributed by atoms with Gasteiger partial charge in [0.25, 0.3) is 5.56 Å². The lowest BCUT2D eigenvalue weighted by Gasteiger charge is -2.19. The van der Waals surface area contributed by atoms with Crippen molar-refractivity contribution < 1.29 is 9.15 Å². The molecule has 0 fully saturated rings. The van der Waals surface area contributed by atoms with Crippen molar-refractivity contribution in [3.05, 3.63) is 70.2 Å². The number of hydrogen-bond donors (Lipinski definition) is 1. The molecular weight excluding hydrogens is 352 g/mol. The lowest BCUT2D eigenvalue weighted by atomic mass is 10.1. The molecular formula is C18H20N4O3S. The first kappa shape index (κ1) is 18.1. The average molecular weight is 372 g/mol. The molecule has 0 unspecified atom stereocenters. The van der Waals surface area contributed by atoms with Crippen molar-refractivity contribution in [1.82, 2.24) is 15.0 Å². The van der Waals surface area contributed by atoms with Gasteiger partial charge in [0.05, 0.1) is 19.1 Å². The van der Waals surface area contributed by atoms with Crippen LogP contribution in [0.2, 0.25) is 0 Å². The van der Waals surface area contributed by atoms with E-state index in [1.807, 2.05) is 35.5 Å². The van der Waals surface area contributed by atoms with E-state index in [4.69, 9.17) is 9.15 Å². The monoisotopic (exact) mass is 372 g/mol. The summed E-state index contributed by atoms with van der Waals surface area (Å²) in [7, 11) is 1.56. The molecule has 0 atom stereocenters. The molecule has 3 rings (SSSR count). The number of aromatic amines is 1. The van der Waals surface area contributed by atoms with Crippen LogP contribution in [0, 0.1) is 0 Å². The molecule has 7 nitrogen and oxygen atoms in total. The van der Waals surface area contributed by atoms with Gasteiger partial charge in [-0.2, -0.15) is 4.98 Å². The molecule has 0 saturated heterocycles. The van der Waals surface area contributed by atoms with Gasteiger partial charge in [0.1, 0.15) is 5.76 Å². The van der Waals surface area contributed by atoms with E-state index in [0.29, 0.717) is 36.1 Å². The van der Waals surface area contributed by atoms with Crippen LogP contribution in [0.4, 0.5) is 5.95 Å². The molecule has 0 aromatic carbocycles. The molecule has 0 radical (unpaired) electrons. The van der Waals surface area contributed by atoms with Gasteiger partial charge in [-0.25, -0.2) is 4.98 Å². The van der Waals surface area contributed by atoms with Crippen molar-refractivity contribution in [2.45, 2.75) is 19.1 Å². The quantitative estimate of drug-likeness (QED) is 0.608. The molecule has 0 amide bonds. The summed E-state index contributed by atoms with van der Waals surface area (Å²) in [4.78, 5) is 23.8. The fourth-order valence-corrected chi connectivity index (χ4v) is 3.24. The Morgan fingerprint density at radius 3 is 2.96 bits per heavy atom. The van der Waals surface area contributed by atoms with Crippen LogP contribution >= 0.6 is 11.9 Å².